The fraction of sp³-hybridized carbons (Fsp3) is 0.0833. The molecule has 292 valence electrons. The van der Waals surface area contributed by atoms with Gasteiger partial charge in [0.05, 0.1) is 41.8 Å². The van der Waals surface area contributed by atoms with Crippen molar-refractivity contribution in [1.29, 1.82) is 0 Å². The van der Waals surface area contributed by atoms with Gasteiger partial charge in [-0.3, -0.25) is 29.4 Å². The van der Waals surface area contributed by atoms with Gasteiger partial charge in [-0.15, -0.1) is 0 Å². The van der Waals surface area contributed by atoms with Gasteiger partial charge in [-0.2, -0.15) is 0 Å². The number of benzene rings is 4. The molecule has 2 amide bonds. The molecule has 0 unspecified atom stereocenters. The molecule has 12 nitrogen and oxygen atoms in total. The SMILES string of the molecule is O=C1Cc2ccc(-c3cnc(NCc4ccccc4)nc3)cc2N1c1cccnc1.O=C1Cc2ccc(-c3cnc(NCc4ccccc4)nc3)cc2N1c1ccncc1. The molecule has 2 N–H and O–H groups in total. The monoisotopic (exact) mass is 786 g/mol. The van der Waals surface area contributed by atoms with Crippen LogP contribution in [0.3, 0.4) is 0 Å². The highest BCUT2D eigenvalue weighted by molar-refractivity contribution is 6.08. The first-order valence-corrected chi connectivity index (χ1v) is 19.5. The minimum Gasteiger partial charge on any atom is -0.350 e. The Morgan fingerprint density at radius 1 is 0.450 bits per heavy atom. The van der Waals surface area contributed by atoms with Crippen LogP contribution in [-0.2, 0) is 35.5 Å². The Bertz CT molecular complexity index is 2550. The summed E-state index contributed by atoms with van der Waals surface area (Å²) in [5, 5.41) is 6.47. The van der Waals surface area contributed by atoms with Crippen molar-refractivity contribution >= 4 is 46.5 Å². The van der Waals surface area contributed by atoms with E-state index in [1.165, 1.54) is 11.1 Å². The first kappa shape index (κ1) is 37.5. The topological polar surface area (TPSA) is 142 Å². The van der Waals surface area contributed by atoms with Crippen LogP contribution in [0.25, 0.3) is 22.3 Å². The molecule has 6 heterocycles. The lowest BCUT2D eigenvalue weighted by molar-refractivity contribution is -0.117. The number of fused-ring (bicyclic) bond motifs is 2. The van der Waals surface area contributed by atoms with E-state index < -0.39 is 0 Å². The average molecular weight is 787 g/mol. The second-order valence-electron chi connectivity index (χ2n) is 14.2. The second-order valence-corrected chi connectivity index (χ2v) is 14.2. The summed E-state index contributed by atoms with van der Waals surface area (Å²) >= 11 is 0. The summed E-state index contributed by atoms with van der Waals surface area (Å²) in [5.74, 6) is 1.27. The highest BCUT2D eigenvalue weighted by Gasteiger charge is 2.30. The van der Waals surface area contributed by atoms with Crippen molar-refractivity contribution in [3.8, 4) is 22.3 Å². The Balaban J connectivity index is 0.000000154. The lowest BCUT2D eigenvalue weighted by atomic mass is 10.0. The molecule has 4 aromatic heterocycles. The van der Waals surface area contributed by atoms with Gasteiger partial charge < -0.3 is 10.6 Å². The summed E-state index contributed by atoms with van der Waals surface area (Å²) in [6.45, 7) is 1.34. The zero-order valence-electron chi connectivity index (χ0n) is 32.4. The Hall–Kier alpha value is -8.12. The summed E-state index contributed by atoms with van der Waals surface area (Å²) in [6, 6.07) is 39.7. The lowest BCUT2D eigenvalue weighted by Gasteiger charge is -2.18. The number of hydrogen-bond donors (Lipinski definition) is 2. The smallest absolute Gasteiger partial charge is 0.236 e. The summed E-state index contributed by atoms with van der Waals surface area (Å²) in [5.41, 5.74) is 11.5. The minimum atomic E-state index is 0.0480. The Labute approximate surface area is 346 Å². The van der Waals surface area contributed by atoms with Crippen molar-refractivity contribution in [1.82, 2.24) is 29.9 Å². The highest BCUT2D eigenvalue weighted by Crippen LogP contribution is 2.39. The number of nitrogens with one attached hydrogen (secondary N) is 2. The van der Waals surface area contributed by atoms with Gasteiger partial charge in [-0.05, 0) is 69.8 Å². The molecule has 10 rings (SSSR count). The molecule has 2 aliphatic heterocycles. The first-order chi connectivity index (χ1) is 29.6. The fourth-order valence-corrected chi connectivity index (χ4v) is 7.19. The van der Waals surface area contributed by atoms with Crippen molar-refractivity contribution in [3.63, 3.8) is 0 Å². The third-order valence-electron chi connectivity index (χ3n) is 10.2. The summed E-state index contributed by atoms with van der Waals surface area (Å²) in [4.78, 5) is 54.6. The molecule has 0 bridgehead atoms. The van der Waals surface area contributed by atoms with E-state index in [0.29, 0.717) is 37.8 Å². The van der Waals surface area contributed by atoms with Gasteiger partial charge in [-0.25, -0.2) is 19.9 Å². The molecule has 0 spiro atoms. The van der Waals surface area contributed by atoms with Gasteiger partial charge in [0.15, 0.2) is 0 Å². The Morgan fingerprint density at radius 2 is 0.933 bits per heavy atom. The second kappa shape index (κ2) is 17.2. The molecule has 60 heavy (non-hydrogen) atoms. The van der Waals surface area contributed by atoms with Crippen LogP contribution >= 0.6 is 0 Å². The quantitative estimate of drug-likeness (QED) is 0.138. The standard InChI is InChI=1S/2C24H19N5O/c30-23-12-19-9-8-18(11-22(19)29(23)21-7-4-10-25-16-21)20-14-27-24(28-15-20)26-13-17-5-2-1-3-6-17;30-23-13-19-7-6-18(12-22(19)29(23)21-8-10-25-11-9-21)20-15-27-24(28-16-20)26-14-17-4-2-1-3-5-17/h1-11,14-16H,12-13H2,(H,26,27,28);1-12,15-16H,13-14H2,(H,26,27,28). The van der Waals surface area contributed by atoms with E-state index in [1.54, 1.807) is 59.4 Å². The fourth-order valence-electron chi connectivity index (χ4n) is 7.19. The van der Waals surface area contributed by atoms with Gasteiger partial charge in [0.25, 0.3) is 0 Å². The molecule has 4 aromatic carbocycles. The van der Waals surface area contributed by atoms with E-state index >= 15 is 0 Å². The third-order valence-corrected chi connectivity index (χ3v) is 10.2. The zero-order chi connectivity index (χ0) is 40.7. The zero-order valence-corrected chi connectivity index (χ0v) is 32.4. The predicted octanol–water partition coefficient (Wildman–Crippen LogP) is 8.74. The summed E-state index contributed by atoms with van der Waals surface area (Å²) in [7, 11) is 0. The molecular formula is C48H38N10O2. The molecule has 0 saturated heterocycles. The maximum atomic E-state index is 12.6. The van der Waals surface area contributed by atoms with Crippen LogP contribution in [0.1, 0.15) is 22.3 Å². The van der Waals surface area contributed by atoms with Gasteiger partial charge in [-0.1, -0.05) is 84.9 Å². The summed E-state index contributed by atoms with van der Waals surface area (Å²) in [6.07, 6.45) is 14.8. The van der Waals surface area contributed by atoms with Crippen LogP contribution in [0.5, 0.6) is 0 Å². The molecule has 0 aliphatic carbocycles. The number of hydrogen-bond acceptors (Lipinski definition) is 10. The van der Waals surface area contributed by atoms with E-state index in [1.807, 2.05) is 97.1 Å². The van der Waals surface area contributed by atoms with Crippen LogP contribution in [0.15, 0.2) is 171 Å². The van der Waals surface area contributed by atoms with Crippen LogP contribution in [0.2, 0.25) is 0 Å². The number of rotatable bonds is 10. The van der Waals surface area contributed by atoms with Crippen molar-refractivity contribution < 1.29 is 9.59 Å². The molecule has 12 heteroatoms. The third kappa shape index (κ3) is 8.29. The Morgan fingerprint density at radius 3 is 1.40 bits per heavy atom. The van der Waals surface area contributed by atoms with E-state index in [4.69, 9.17) is 0 Å². The minimum absolute atomic E-state index is 0.0480. The first-order valence-electron chi connectivity index (χ1n) is 19.5. The van der Waals surface area contributed by atoms with Crippen molar-refractivity contribution in [2.75, 3.05) is 20.4 Å². The lowest BCUT2D eigenvalue weighted by Crippen LogP contribution is -2.20. The average Bonchev–Trinajstić information content (AvgIpc) is 3.83. The van der Waals surface area contributed by atoms with E-state index in [-0.39, 0.29) is 11.8 Å². The maximum Gasteiger partial charge on any atom is 0.236 e. The number of carbonyl (C=O) groups is 2. The molecule has 0 saturated carbocycles. The predicted molar refractivity (Wildman–Crippen MR) is 233 cm³/mol. The van der Waals surface area contributed by atoms with Crippen molar-refractivity contribution in [2.24, 2.45) is 0 Å². The van der Waals surface area contributed by atoms with E-state index in [0.717, 1.165) is 56.1 Å². The maximum absolute atomic E-state index is 12.6. The van der Waals surface area contributed by atoms with E-state index in [9.17, 15) is 9.59 Å². The largest absolute Gasteiger partial charge is 0.350 e. The normalized spacial score (nSPS) is 12.7. The van der Waals surface area contributed by atoms with Crippen LogP contribution in [0, 0.1) is 0 Å². The van der Waals surface area contributed by atoms with Crippen LogP contribution in [0.4, 0.5) is 34.6 Å². The molecule has 0 radical (unpaired) electrons. The molecular weight excluding hydrogens is 749 g/mol. The van der Waals surface area contributed by atoms with Gasteiger partial charge in [0, 0.05) is 67.6 Å². The van der Waals surface area contributed by atoms with E-state index in [2.05, 4.69) is 64.8 Å². The van der Waals surface area contributed by atoms with Crippen molar-refractivity contribution in [3.05, 3.63) is 193 Å². The van der Waals surface area contributed by atoms with Crippen molar-refractivity contribution in [2.45, 2.75) is 25.9 Å². The van der Waals surface area contributed by atoms with Gasteiger partial charge in [0.2, 0.25) is 23.7 Å². The summed E-state index contributed by atoms with van der Waals surface area (Å²) < 4.78 is 0. The number of amides is 2. The molecule has 0 atom stereocenters. The van der Waals surface area contributed by atoms with Gasteiger partial charge >= 0.3 is 0 Å². The molecule has 8 aromatic rings. The Kier molecular flexibility index (Phi) is 10.7. The number of carbonyl (C=O) groups excluding carboxylic acids is 2. The van der Waals surface area contributed by atoms with Crippen LogP contribution < -0.4 is 20.4 Å². The van der Waals surface area contributed by atoms with Gasteiger partial charge in [0.1, 0.15) is 0 Å². The molecule has 0 fully saturated rings. The highest BCUT2D eigenvalue weighted by atomic mass is 16.2. The van der Waals surface area contributed by atoms with Crippen LogP contribution in [-0.4, -0.2) is 41.7 Å². The molecule has 2 aliphatic rings. The number of nitrogens with zero attached hydrogens (tertiary/aromatic N) is 8. The number of pyridine rings is 2. The number of aromatic nitrogens is 6. The number of anilines is 6.